The Morgan fingerprint density at radius 2 is 2.06 bits per heavy atom. The van der Waals surface area contributed by atoms with Crippen LogP contribution in [0.5, 0.6) is 0 Å². The Morgan fingerprint density at radius 1 is 1.38 bits per heavy atom. The average molecular weight is 222 g/mol. The first-order valence-electron chi connectivity index (χ1n) is 5.47. The molecule has 0 saturated carbocycles. The molecule has 0 fully saturated rings. The van der Waals surface area contributed by atoms with Crippen LogP contribution >= 0.6 is 0 Å². The molecule has 1 amide bonds. The van der Waals surface area contributed by atoms with Crippen molar-refractivity contribution in [1.29, 1.82) is 0 Å². The van der Waals surface area contributed by atoms with Gasteiger partial charge in [0.05, 0.1) is 0 Å². The van der Waals surface area contributed by atoms with Crippen molar-refractivity contribution >= 4 is 6.09 Å². The van der Waals surface area contributed by atoms with Gasteiger partial charge in [-0.1, -0.05) is 43.7 Å². The zero-order valence-corrected chi connectivity index (χ0v) is 9.56. The molecule has 0 aliphatic rings. The third-order valence-corrected chi connectivity index (χ3v) is 2.19. The molecule has 0 unspecified atom stereocenters. The fourth-order valence-electron chi connectivity index (χ4n) is 1.22. The number of nitrogens with two attached hydrogens (primary N) is 1. The molecule has 88 valence electrons. The fraction of sp³-hybridized carbons (Fsp3) is 0.417. The van der Waals surface area contributed by atoms with Crippen LogP contribution in [0.1, 0.15) is 25.3 Å². The van der Waals surface area contributed by atoms with Crippen molar-refractivity contribution in [2.45, 2.75) is 26.4 Å². The molecule has 0 aliphatic heterocycles. The van der Waals surface area contributed by atoms with E-state index in [1.54, 1.807) is 0 Å². The predicted molar refractivity (Wildman–Crippen MR) is 62.4 cm³/mol. The highest BCUT2D eigenvalue weighted by Gasteiger charge is 2.09. The maximum atomic E-state index is 11.4. The summed E-state index contributed by atoms with van der Waals surface area (Å²) in [5.74, 6) is 5.53. The van der Waals surface area contributed by atoms with Gasteiger partial charge < -0.3 is 4.74 Å². The van der Waals surface area contributed by atoms with Crippen LogP contribution in [0.25, 0.3) is 0 Å². The van der Waals surface area contributed by atoms with E-state index < -0.39 is 6.09 Å². The van der Waals surface area contributed by atoms with Crippen LogP contribution in [-0.2, 0) is 11.3 Å². The van der Waals surface area contributed by atoms with Crippen LogP contribution in [0, 0.1) is 0 Å². The second-order valence-corrected chi connectivity index (χ2v) is 3.59. The maximum absolute atomic E-state index is 11.4. The van der Waals surface area contributed by atoms with Gasteiger partial charge in [0.15, 0.2) is 0 Å². The van der Waals surface area contributed by atoms with E-state index in [4.69, 9.17) is 10.6 Å². The number of ether oxygens (including phenoxy) is 1. The van der Waals surface area contributed by atoms with Gasteiger partial charge in [0.1, 0.15) is 6.61 Å². The number of rotatable bonds is 5. The van der Waals surface area contributed by atoms with Crippen molar-refractivity contribution < 1.29 is 9.53 Å². The standard InChI is InChI=1S/C12H18N2O2/c1-2-3-9-14(13)12(15)16-10-11-7-5-4-6-8-11/h4-8H,2-3,9-10,13H2,1H3. The van der Waals surface area contributed by atoms with E-state index in [1.807, 2.05) is 37.3 Å². The molecule has 0 saturated heterocycles. The van der Waals surface area contributed by atoms with E-state index >= 15 is 0 Å². The normalized spacial score (nSPS) is 9.88. The van der Waals surface area contributed by atoms with Gasteiger partial charge in [0.2, 0.25) is 0 Å². The second kappa shape index (κ2) is 6.85. The monoisotopic (exact) mass is 222 g/mol. The molecule has 0 aromatic heterocycles. The van der Waals surface area contributed by atoms with Crippen LogP contribution in [0.4, 0.5) is 4.79 Å². The van der Waals surface area contributed by atoms with Gasteiger partial charge in [-0.2, -0.15) is 0 Å². The summed E-state index contributed by atoms with van der Waals surface area (Å²) in [6.45, 7) is 2.84. The molecule has 4 nitrogen and oxygen atoms in total. The number of hydrogen-bond acceptors (Lipinski definition) is 3. The molecule has 0 aliphatic carbocycles. The molecule has 0 bridgehead atoms. The van der Waals surface area contributed by atoms with E-state index in [2.05, 4.69) is 0 Å². The minimum atomic E-state index is -0.475. The lowest BCUT2D eigenvalue weighted by molar-refractivity contribution is 0.0958. The minimum Gasteiger partial charge on any atom is -0.444 e. The van der Waals surface area contributed by atoms with E-state index in [1.165, 1.54) is 0 Å². The maximum Gasteiger partial charge on any atom is 0.424 e. The number of carbonyl (C=O) groups is 1. The van der Waals surface area contributed by atoms with E-state index in [-0.39, 0.29) is 6.61 Å². The first-order valence-corrected chi connectivity index (χ1v) is 5.47. The summed E-state index contributed by atoms with van der Waals surface area (Å²) >= 11 is 0. The number of hydrogen-bond donors (Lipinski definition) is 1. The highest BCUT2D eigenvalue weighted by Crippen LogP contribution is 2.02. The van der Waals surface area contributed by atoms with Crippen molar-refractivity contribution in [3.63, 3.8) is 0 Å². The summed E-state index contributed by atoms with van der Waals surface area (Å²) in [7, 11) is 0. The minimum absolute atomic E-state index is 0.263. The number of benzene rings is 1. The number of unbranched alkanes of at least 4 members (excludes halogenated alkanes) is 1. The molecule has 0 spiro atoms. The number of carbonyl (C=O) groups excluding carboxylic acids is 1. The van der Waals surface area contributed by atoms with E-state index in [9.17, 15) is 4.79 Å². The lowest BCUT2D eigenvalue weighted by atomic mass is 10.2. The Bertz CT molecular complexity index is 314. The first-order chi connectivity index (χ1) is 7.74. The predicted octanol–water partition coefficient (Wildman–Crippen LogP) is 2.30. The topological polar surface area (TPSA) is 55.6 Å². The third-order valence-electron chi connectivity index (χ3n) is 2.19. The summed E-state index contributed by atoms with van der Waals surface area (Å²) in [6, 6.07) is 9.53. The molecule has 16 heavy (non-hydrogen) atoms. The van der Waals surface area contributed by atoms with Gasteiger partial charge in [0.25, 0.3) is 0 Å². The molecule has 1 aromatic rings. The van der Waals surface area contributed by atoms with Gasteiger partial charge in [-0.25, -0.2) is 15.6 Å². The van der Waals surface area contributed by atoms with E-state index in [0.29, 0.717) is 6.54 Å². The van der Waals surface area contributed by atoms with Gasteiger partial charge in [-0.05, 0) is 12.0 Å². The second-order valence-electron chi connectivity index (χ2n) is 3.59. The van der Waals surface area contributed by atoms with Crippen LogP contribution < -0.4 is 5.84 Å². The fourth-order valence-corrected chi connectivity index (χ4v) is 1.22. The van der Waals surface area contributed by atoms with Crippen LogP contribution in [0.3, 0.4) is 0 Å². The van der Waals surface area contributed by atoms with Crippen molar-refractivity contribution in [3.8, 4) is 0 Å². The molecule has 0 atom stereocenters. The number of nitrogens with zero attached hydrogens (tertiary/aromatic N) is 1. The zero-order chi connectivity index (χ0) is 11.8. The van der Waals surface area contributed by atoms with Crippen molar-refractivity contribution in [2.75, 3.05) is 6.54 Å². The SMILES string of the molecule is CCCCN(N)C(=O)OCc1ccccc1. The number of hydrazine groups is 1. The Hall–Kier alpha value is -1.55. The number of amides is 1. The lowest BCUT2D eigenvalue weighted by Gasteiger charge is -2.15. The van der Waals surface area contributed by atoms with Crippen molar-refractivity contribution in [3.05, 3.63) is 35.9 Å². The zero-order valence-electron chi connectivity index (χ0n) is 9.56. The Kier molecular flexibility index (Phi) is 5.36. The summed E-state index contributed by atoms with van der Waals surface area (Å²) in [5, 5.41) is 1.12. The molecular weight excluding hydrogens is 204 g/mol. The molecule has 4 heteroatoms. The van der Waals surface area contributed by atoms with Crippen molar-refractivity contribution in [2.24, 2.45) is 5.84 Å². The summed E-state index contributed by atoms with van der Waals surface area (Å²) in [4.78, 5) is 11.4. The Balaban J connectivity index is 2.29. The largest absolute Gasteiger partial charge is 0.444 e. The summed E-state index contributed by atoms with van der Waals surface area (Å²) < 4.78 is 5.05. The Morgan fingerprint density at radius 3 is 2.69 bits per heavy atom. The van der Waals surface area contributed by atoms with E-state index in [0.717, 1.165) is 23.4 Å². The third kappa shape index (κ3) is 4.31. The molecule has 0 radical (unpaired) electrons. The van der Waals surface area contributed by atoms with Crippen LogP contribution in [0.15, 0.2) is 30.3 Å². The molecular formula is C12H18N2O2. The Labute approximate surface area is 96.0 Å². The summed E-state index contributed by atoms with van der Waals surface area (Å²) in [5.41, 5.74) is 0.958. The molecule has 1 rings (SSSR count). The van der Waals surface area contributed by atoms with Gasteiger partial charge in [-0.15, -0.1) is 0 Å². The van der Waals surface area contributed by atoms with Gasteiger partial charge >= 0.3 is 6.09 Å². The lowest BCUT2D eigenvalue weighted by Crippen LogP contribution is -2.38. The van der Waals surface area contributed by atoms with Crippen LogP contribution in [-0.4, -0.2) is 17.6 Å². The van der Waals surface area contributed by atoms with Crippen LogP contribution in [0.2, 0.25) is 0 Å². The average Bonchev–Trinajstić information content (AvgIpc) is 2.34. The summed E-state index contributed by atoms with van der Waals surface area (Å²) in [6.07, 6.45) is 1.41. The highest BCUT2D eigenvalue weighted by molar-refractivity contribution is 5.66. The van der Waals surface area contributed by atoms with Crippen molar-refractivity contribution in [1.82, 2.24) is 5.01 Å². The first kappa shape index (κ1) is 12.5. The molecule has 2 N–H and O–H groups in total. The smallest absolute Gasteiger partial charge is 0.424 e. The van der Waals surface area contributed by atoms with Gasteiger partial charge in [0, 0.05) is 6.54 Å². The highest BCUT2D eigenvalue weighted by atomic mass is 16.6. The molecule has 0 heterocycles. The quantitative estimate of drug-likeness (QED) is 0.472. The molecule has 1 aromatic carbocycles. The van der Waals surface area contributed by atoms with Gasteiger partial charge in [-0.3, -0.25) is 0 Å².